The molecule has 26 heavy (non-hydrogen) atoms. The Morgan fingerprint density at radius 2 is 1.88 bits per heavy atom. The Morgan fingerprint density at radius 3 is 2.46 bits per heavy atom. The zero-order valence-corrected chi connectivity index (χ0v) is 16.1. The summed E-state index contributed by atoms with van der Waals surface area (Å²) in [7, 11) is 3.02. The first-order valence-electron chi connectivity index (χ1n) is 8.20. The van der Waals surface area contributed by atoms with Gasteiger partial charge in [0.05, 0.1) is 13.7 Å². The Balaban J connectivity index is 2.54. The number of hydrogen-bond donors (Lipinski definition) is 2. The summed E-state index contributed by atoms with van der Waals surface area (Å²) in [6.45, 7) is 6.56. The zero-order chi connectivity index (χ0) is 19.9. The average molecular weight is 365 g/mol. The van der Waals surface area contributed by atoms with E-state index in [0.717, 1.165) is 0 Å². The van der Waals surface area contributed by atoms with Crippen LogP contribution in [-0.2, 0) is 14.3 Å². The Bertz CT molecular complexity index is 654. The van der Waals surface area contributed by atoms with E-state index in [1.807, 2.05) is 0 Å². The molecule has 3 amide bonds. The van der Waals surface area contributed by atoms with Crippen LogP contribution in [0.25, 0.3) is 0 Å². The monoisotopic (exact) mass is 365 g/mol. The first-order valence-corrected chi connectivity index (χ1v) is 8.20. The summed E-state index contributed by atoms with van der Waals surface area (Å²) in [5, 5.41) is 5.14. The molecule has 0 heterocycles. The number of likely N-dealkylation sites (N-methyl/N-ethyl adjacent to an activating group) is 1. The molecule has 0 aliphatic heterocycles. The molecule has 1 aromatic carbocycles. The SMILES string of the molecule is COc1cccc(NC(=O)CN(C)C(=O)C(C)NC(=O)OC(C)(C)C)c1. The van der Waals surface area contributed by atoms with Gasteiger partial charge in [-0.3, -0.25) is 9.59 Å². The van der Waals surface area contributed by atoms with E-state index in [4.69, 9.17) is 9.47 Å². The topological polar surface area (TPSA) is 97.0 Å². The zero-order valence-electron chi connectivity index (χ0n) is 16.1. The number of nitrogens with zero attached hydrogens (tertiary/aromatic N) is 1. The van der Waals surface area contributed by atoms with Crippen molar-refractivity contribution >= 4 is 23.6 Å². The van der Waals surface area contributed by atoms with E-state index in [1.54, 1.807) is 45.0 Å². The van der Waals surface area contributed by atoms with Gasteiger partial charge in [0.1, 0.15) is 17.4 Å². The number of carbonyl (C=O) groups is 3. The molecular weight excluding hydrogens is 338 g/mol. The van der Waals surface area contributed by atoms with Crippen molar-refractivity contribution in [2.75, 3.05) is 26.0 Å². The number of alkyl carbamates (subject to hydrolysis) is 1. The maximum Gasteiger partial charge on any atom is 0.408 e. The molecule has 8 nitrogen and oxygen atoms in total. The van der Waals surface area contributed by atoms with Gasteiger partial charge in [0.2, 0.25) is 11.8 Å². The average Bonchev–Trinajstić information content (AvgIpc) is 2.52. The number of rotatable bonds is 6. The highest BCUT2D eigenvalue weighted by molar-refractivity contribution is 5.95. The number of benzene rings is 1. The van der Waals surface area contributed by atoms with Crippen molar-refractivity contribution in [3.05, 3.63) is 24.3 Å². The van der Waals surface area contributed by atoms with Crippen LogP contribution in [0.1, 0.15) is 27.7 Å². The lowest BCUT2D eigenvalue weighted by Crippen LogP contribution is -2.48. The van der Waals surface area contributed by atoms with Crippen molar-refractivity contribution in [2.24, 2.45) is 0 Å². The smallest absolute Gasteiger partial charge is 0.408 e. The molecule has 0 aromatic heterocycles. The van der Waals surface area contributed by atoms with E-state index in [2.05, 4.69) is 10.6 Å². The molecule has 0 aliphatic carbocycles. The van der Waals surface area contributed by atoms with Gasteiger partial charge >= 0.3 is 6.09 Å². The molecular formula is C18H27N3O5. The highest BCUT2D eigenvalue weighted by atomic mass is 16.6. The van der Waals surface area contributed by atoms with Crippen LogP contribution < -0.4 is 15.4 Å². The Kier molecular flexibility index (Phi) is 7.42. The minimum absolute atomic E-state index is 0.156. The largest absolute Gasteiger partial charge is 0.497 e. The van der Waals surface area contributed by atoms with Crippen LogP contribution in [0.2, 0.25) is 0 Å². The maximum atomic E-state index is 12.3. The van der Waals surface area contributed by atoms with Crippen molar-refractivity contribution in [3.63, 3.8) is 0 Å². The number of anilines is 1. The summed E-state index contributed by atoms with van der Waals surface area (Å²) in [5.41, 5.74) is -0.0924. The van der Waals surface area contributed by atoms with E-state index >= 15 is 0 Å². The Hall–Kier alpha value is -2.77. The van der Waals surface area contributed by atoms with Gasteiger partial charge in [-0.1, -0.05) is 6.07 Å². The number of methoxy groups -OCH3 is 1. The van der Waals surface area contributed by atoms with Gasteiger partial charge in [-0.2, -0.15) is 0 Å². The molecule has 144 valence electrons. The molecule has 1 unspecified atom stereocenters. The first-order chi connectivity index (χ1) is 12.0. The number of carbonyl (C=O) groups excluding carboxylic acids is 3. The standard InChI is InChI=1S/C18H27N3O5/c1-12(19-17(24)26-18(2,3)4)16(23)21(5)11-15(22)20-13-8-7-9-14(10-13)25-6/h7-10,12H,11H2,1-6H3,(H,19,24)(H,20,22). The molecule has 2 N–H and O–H groups in total. The summed E-state index contributed by atoms with van der Waals surface area (Å²) >= 11 is 0. The van der Waals surface area contributed by atoms with Gasteiger partial charge < -0.3 is 25.0 Å². The molecule has 0 fully saturated rings. The third-order valence-corrected chi connectivity index (χ3v) is 3.21. The predicted octanol–water partition coefficient (Wildman–Crippen LogP) is 2.01. The summed E-state index contributed by atoms with van der Waals surface area (Å²) in [4.78, 5) is 37.3. The second kappa shape index (κ2) is 9.07. The van der Waals surface area contributed by atoms with Gasteiger partial charge in [0.15, 0.2) is 0 Å². The normalized spacial score (nSPS) is 11.9. The highest BCUT2D eigenvalue weighted by Gasteiger charge is 2.24. The fourth-order valence-electron chi connectivity index (χ4n) is 2.07. The number of nitrogens with one attached hydrogen (secondary N) is 2. The lowest BCUT2D eigenvalue weighted by molar-refractivity contribution is -0.134. The lowest BCUT2D eigenvalue weighted by atomic mass is 10.2. The van der Waals surface area contributed by atoms with Crippen molar-refractivity contribution in [1.82, 2.24) is 10.2 Å². The summed E-state index contributed by atoms with van der Waals surface area (Å²) in [6, 6.07) is 6.08. The summed E-state index contributed by atoms with van der Waals surface area (Å²) in [6.07, 6.45) is -0.687. The van der Waals surface area contributed by atoms with Crippen LogP contribution in [0.5, 0.6) is 5.75 Å². The van der Waals surface area contributed by atoms with Gasteiger partial charge in [0, 0.05) is 18.8 Å². The van der Waals surface area contributed by atoms with Crippen molar-refractivity contribution in [2.45, 2.75) is 39.3 Å². The molecule has 0 spiro atoms. The fraction of sp³-hybridized carbons (Fsp3) is 0.500. The maximum absolute atomic E-state index is 12.3. The van der Waals surface area contributed by atoms with Crippen LogP contribution >= 0.6 is 0 Å². The third-order valence-electron chi connectivity index (χ3n) is 3.21. The highest BCUT2D eigenvalue weighted by Crippen LogP contribution is 2.16. The van der Waals surface area contributed by atoms with Crippen LogP contribution in [-0.4, -0.2) is 55.2 Å². The molecule has 1 rings (SSSR count). The van der Waals surface area contributed by atoms with E-state index in [-0.39, 0.29) is 12.5 Å². The third kappa shape index (κ3) is 7.42. The number of amides is 3. The summed E-state index contributed by atoms with van der Waals surface area (Å²) in [5.74, 6) is -0.155. The molecule has 0 saturated heterocycles. The molecule has 0 bridgehead atoms. The van der Waals surface area contributed by atoms with Gasteiger partial charge in [-0.05, 0) is 39.8 Å². The quantitative estimate of drug-likeness (QED) is 0.804. The fourth-order valence-corrected chi connectivity index (χ4v) is 2.07. The van der Waals surface area contributed by atoms with Crippen LogP contribution in [0, 0.1) is 0 Å². The van der Waals surface area contributed by atoms with Crippen LogP contribution in [0.15, 0.2) is 24.3 Å². The van der Waals surface area contributed by atoms with E-state index < -0.39 is 23.6 Å². The second-order valence-corrected chi connectivity index (χ2v) is 6.84. The van der Waals surface area contributed by atoms with E-state index in [0.29, 0.717) is 11.4 Å². The van der Waals surface area contributed by atoms with Crippen molar-refractivity contribution in [1.29, 1.82) is 0 Å². The van der Waals surface area contributed by atoms with Gasteiger partial charge in [-0.25, -0.2) is 4.79 Å². The number of ether oxygens (including phenoxy) is 2. The molecule has 0 aliphatic rings. The molecule has 1 atom stereocenters. The van der Waals surface area contributed by atoms with Gasteiger partial charge in [0.25, 0.3) is 0 Å². The molecule has 1 aromatic rings. The Labute approximate surface area is 153 Å². The van der Waals surface area contributed by atoms with E-state index in [1.165, 1.54) is 26.0 Å². The lowest BCUT2D eigenvalue weighted by Gasteiger charge is -2.24. The van der Waals surface area contributed by atoms with Gasteiger partial charge in [-0.15, -0.1) is 0 Å². The minimum Gasteiger partial charge on any atom is -0.497 e. The first kappa shape index (κ1) is 21.3. The summed E-state index contributed by atoms with van der Waals surface area (Å²) < 4.78 is 10.2. The number of hydrogen-bond acceptors (Lipinski definition) is 5. The van der Waals surface area contributed by atoms with E-state index in [9.17, 15) is 14.4 Å². The van der Waals surface area contributed by atoms with Crippen molar-refractivity contribution in [3.8, 4) is 5.75 Å². The molecule has 0 radical (unpaired) electrons. The minimum atomic E-state index is -0.820. The predicted molar refractivity (Wildman–Crippen MR) is 98.1 cm³/mol. The molecule has 0 saturated carbocycles. The van der Waals surface area contributed by atoms with Crippen LogP contribution in [0.3, 0.4) is 0 Å². The Morgan fingerprint density at radius 1 is 1.23 bits per heavy atom. The second-order valence-electron chi connectivity index (χ2n) is 6.84. The van der Waals surface area contributed by atoms with Crippen LogP contribution in [0.4, 0.5) is 10.5 Å². The molecule has 8 heteroatoms. The van der Waals surface area contributed by atoms with Crippen molar-refractivity contribution < 1.29 is 23.9 Å².